The number of anilines is 1. The minimum absolute atomic E-state index is 0.0469. The van der Waals surface area contributed by atoms with Gasteiger partial charge >= 0.3 is 6.18 Å². The minimum Gasteiger partial charge on any atom is -0.398 e. The number of hydrogen-bond acceptors (Lipinski definition) is 2. The topological polar surface area (TPSA) is 46.2 Å². The largest absolute Gasteiger partial charge is 0.419 e. The van der Waals surface area contributed by atoms with Crippen molar-refractivity contribution in [3.63, 3.8) is 0 Å². The number of aliphatic hydroxyl groups is 1. The Morgan fingerprint density at radius 3 is 2.53 bits per heavy atom. The Morgan fingerprint density at radius 2 is 2.05 bits per heavy atom. The molecular weight excluding hydrogens is 279 g/mol. The molecule has 0 radical (unpaired) electrons. The fraction of sp³-hybridized carbons (Fsp3) is 0.385. The molecule has 3 N–H and O–H groups in total. The van der Waals surface area contributed by atoms with E-state index < -0.39 is 24.0 Å². The molecule has 2 nitrogen and oxygen atoms in total. The first-order valence-electron chi connectivity index (χ1n) is 5.65. The van der Waals surface area contributed by atoms with Crippen LogP contribution in [0.25, 0.3) is 0 Å². The zero-order chi connectivity index (χ0) is 14.2. The molecule has 19 heavy (non-hydrogen) atoms. The van der Waals surface area contributed by atoms with Gasteiger partial charge in [-0.3, -0.25) is 0 Å². The maximum Gasteiger partial charge on any atom is 0.419 e. The summed E-state index contributed by atoms with van der Waals surface area (Å²) in [6.07, 6.45) is -2.86. The van der Waals surface area contributed by atoms with E-state index in [-0.39, 0.29) is 22.1 Å². The van der Waals surface area contributed by atoms with Gasteiger partial charge in [-0.15, -0.1) is 0 Å². The van der Waals surface area contributed by atoms with Crippen LogP contribution in [0.2, 0.25) is 5.02 Å². The SMILES string of the molecule is Nc1c(CO)cc(Cl)c(C#CC2CC2)c1C(F)(F)F. The number of rotatable bonds is 1. The number of nitrogens with two attached hydrogens (primary N) is 1. The standard InChI is InChI=1S/C13H11ClF3NO/c14-10-5-8(6-19)12(18)11(13(15,16)17)9(10)4-3-7-1-2-7/h5,7,19H,1-2,6,18H2. The fourth-order valence-electron chi connectivity index (χ4n) is 1.67. The molecule has 0 bridgehead atoms. The fourth-order valence-corrected chi connectivity index (χ4v) is 1.94. The first-order valence-corrected chi connectivity index (χ1v) is 6.02. The molecular formula is C13H11ClF3NO. The molecule has 0 spiro atoms. The first kappa shape index (κ1) is 14.0. The van der Waals surface area contributed by atoms with Gasteiger partial charge in [0.15, 0.2) is 0 Å². The Morgan fingerprint density at radius 1 is 1.42 bits per heavy atom. The summed E-state index contributed by atoms with van der Waals surface area (Å²) in [5, 5.41) is 8.87. The summed E-state index contributed by atoms with van der Waals surface area (Å²) in [6, 6.07) is 1.23. The Labute approximate surface area is 113 Å². The van der Waals surface area contributed by atoms with Crippen LogP contribution in [0.5, 0.6) is 0 Å². The number of alkyl halides is 3. The van der Waals surface area contributed by atoms with Gasteiger partial charge in [-0.25, -0.2) is 0 Å². The predicted octanol–water partition coefficient (Wildman–Crippen LogP) is 3.19. The lowest BCUT2D eigenvalue weighted by Crippen LogP contribution is -2.14. The van der Waals surface area contributed by atoms with E-state index in [1.54, 1.807) is 0 Å². The van der Waals surface area contributed by atoms with Gasteiger partial charge in [0.05, 0.1) is 28.4 Å². The van der Waals surface area contributed by atoms with Crippen LogP contribution in [0, 0.1) is 17.8 Å². The van der Waals surface area contributed by atoms with Gasteiger partial charge in [-0.05, 0) is 18.9 Å². The van der Waals surface area contributed by atoms with Crippen LogP contribution in [0.3, 0.4) is 0 Å². The van der Waals surface area contributed by atoms with Crippen molar-refractivity contribution in [1.29, 1.82) is 0 Å². The van der Waals surface area contributed by atoms with Gasteiger partial charge in [-0.2, -0.15) is 13.2 Å². The number of aliphatic hydroxyl groups excluding tert-OH is 1. The predicted molar refractivity (Wildman–Crippen MR) is 66.4 cm³/mol. The number of benzene rings is 1. The van der Waals surface area contributed by atoms with Crippen LogP contribution in [0.1, 0.15) is 29.5 Å². The van der Waals surface area contributed by atoms with Crippen LogP contribution in [-0.4, -0.2) is 5.11 Å². The molecule has 1 aromatic rings. The minimum atomic E-state index is -4.66. The molecule has 1 aliphatic rings. The normalized spacial score (nSPS) is 15.0. The average molecular weight is 290 g/mol. The van der Waals surface area contributed by atoms with Gasteiger partial charge in [0.25, 0.3) is 0 Å². The number of nitrogen functional groups attached to an aromatic ring is 1. The third kappa shape index (κ3) is 2.96. The Balaban J connectivity index is 2.63. The van der Waals surface area contributed by atoms with Crippen LogP contribution in [-0.2, 0) is 12.8 Å². The van der Waals surface area contributed by atoms with E-state index in [2.05, 4.69) is 11.8 Å². The molecule has 0 amide bonds. The smallest absolute Gasteiger partial charge is 0.398 e. The lowest BCUT2D eigenvalue weighted by molar-refractivity contribution is -0.137. The van der Waals surface area contributed by atoms with Crippen LogP contribution in [0.4, 0.5) is 18.9 Å². The van der Waals surface area contributed by atoms with Crippen molar-refractivity contribution in [2.45, 2.75) is 25.6 Å². The van der Waals surface area contributed by atoms with Gasteiger partial charge in [0.1, 0.15) is 0 Å². The molecule has 0 atom stereocenters. The molecule has 0 unspecified atom stereocenters. The van der Waals surface area contributed by atoms with Crippen molar-refractivity contribution in [3.8, 4) is 11.8 Å². The van der Waals surface area contributed by atoms with Crippen LogP contribution >= 0.6 is 11.6 Å². The van der Waals surface area contributed by atoms with Crippen molar-refractivity contribution < 1.29 is 18.3 Å². The Hall–Kier alpha value is -1.38. The number of hydrogen-bond donors (Lipinski definition) is 2. The summed E-state index contributed by atoms with van der Waals surface area (Å²) < 4.78 is 39.2. The van der Waals surface area contributed by atoms with E-state index in [4.69, 9.17) is 22.4 Å². The summed E-state index contributed by atoms with van der Waals surface area (Å²) in [7, 11) is 0. The third-order valence-corrected chi connectivity index (χ3v) is 3.14. The molecule has 102 valence electrons. The zero-order valence-electron chi connectivity index (χ0n) is 9.81. The molecule has 0 aromatic heterocycles. The highest BCUT2D eigenvalue weighted by molar-refractivity contribution is 6.32. The van der Waals surface area contributed by atoms with E-state index in [1.807, 2.05) is 0 Å². The first-order chi connectivity index (χ1) is 8.84. The van der Waals surface area contributed by atoms with Crippen molar-refractivity contribution in [2.75, 3.05) is 5.73 Å². The second-order valence-corrected chi connectivity index (χ2v) is 4.79. The van der Waals surface area contributed by atoms with Crippen LogP contribution in [0.15, 0.2) is 6.07 Å². The summed E-state index contributed by atoms with van der Waals surface area (Å²) >= 11 is 5.83. The third-order valence-electron chi connectivity index (χ3n) is 2.84. The highest BCUT2D eigenvalue weighted by atomic mass is 35.5. The van der Waals surface area contributed by atoms with E-state index in [0.29, 0.717) is 0 Å². The molecule has 1 saturated carbocycles. The summed E-state index contributed by atoms with van der Waals surface area (Å²) in [5.74, 6) is 5.37. The van der Waals surface area contributed by atoms with E-state index in [1.165, 1.54) is 6.07 Å². The molecule has 2 rings (SSSR count). The molecule has 0 aliphatic heterocycles. The molecule has 1 aliphatic carbocycles. The lowest BCUT2D eigenvalue weighted by Gasteiger charge is -2.16. The maximum absolute atomic E-state index is 13.1. The van der Waals surface area contributed by atoms with Crippen LogP contribution < -0.4 is 5.73 Å². The quantitative estimate of drug-likeness (QED) is 0.616. The van der Waals surface area contributed by atoms with E-state index in [0.717, 1.165) is 12.8 Å². The van der Waals surface area contributed by atoms with Gasteiger partial charge in [0, 0.05) is 11.5 Å². The second kappa shape index (κ2) is 4.95. The maximum atomic E-state index is 13.1. The molecule has 1 aromatic carbocycles. The van der Waals surface area contributed by atoms with E-state index in [9.17, 15) is 13.2 Å². The van der Waals surface area contributed by atoms with Crippen molar-refractivity contribution in [1.82, 2.24) is 0 Å². The number of halogens is 4. The Kier molecular flexibility index (Phi) is 3.66. The average Bonchev–Trinajstić information content (AvgIpc) is 3.11. The molecule has 0 heterocycles. The van der Waals surface area contributed by atoms with Gasteiger partial charge in [0.2, 0.25) is 0 Å². The highest BCUT2D eigenvalue weighted by Gasteiger charge is 2.37. The molecule has 6 heteroatoms. The van der Waals surface area contributed by atoms with E-state index >= 15 is 0 Å². The second-order valence-electron chi connectivity index (χ2n) is 4.38. The summed E-state index contributed by atoms with van der Waals surface area (Å²) in [6.45, 7) is -0.606. The van der Waals surface area contributed by atoms with Crippen molar-refractivity contribution in [3.05, 3.63) is 27.8 Å². The summed E-state index contributed by atoms with van der Waals surface area (Å²) in [5.41, 5.74) is 3.54. The zero-order valence-corrected chi connectivity index (χ0v) is 10.6. The van der Waals surface area contributed by atoms with Crippen molar-refractivity contribution >= 4 is 17.3 Å². The lowest BCUT2D eigenvalue weighted by atomic mass is 10.0. The Bertz CT molecular complexity index is 568. The monoisotopic (exact) mass is 289 g/mol. The highest BCUT2D eigenvalue weighted by Crippen LogP contribution is 2.41. The molecule has 1 fully saturated rings. The van der Waals surface area contributed by atoms with Crippen molar-refractivity contribution in [2.24, 2.45) is 5.92 Å². The summed E-state index contributed by atoms with van der Waals surface area (Å²) in [4.78, 5) is 0. The van der Waals surface area contributed by atoms with Gasteiger partial charge in [-0.1, -0.05) is 23.4 Å². The van der Waals surface area contributed by atoms with Gasteiger partial charge < -0.3 is 10.8 Å². The molecule has 0 saturated heterocycles.